The molecule has 29 heavy (non-hydrogen) atoms. The van der Waals surface area contributed by atoms with Gasteiger partial charge in [0.05, 0.1) is 0 Å². The van der Waals surface area contributed by atoms with Crippen LogP contribution in [0.2, 0.25) is 0 Å². The smallest absolute Gasteiger partial charge is 0.250 e. The second-order valence-corrected chi connectivity index (χ2v) is 8.97. The van der Waals surface area contributed by atoms with Gasteiger partial charge in [-0.25, -0.2) is 0 Å². The number of nitrogens with zero attached hydrogens (tertiary/aromatic N) is 1. The van der Waals surface area contributed by atoms with Gasteiger partial charge in [-0.3, -0.25) is 4.79 Å². The fraction of sp³-hybridized carbons (Fsp3) is 0.423. The zero-order valence-corrected chi connectivity index (χ0v) is 17.2. The highest BCUT2D eigenvalue weighted by atomic mass is 16.2. The van der Waals surface area contributed by atoms with Crippen LogP contribution in [0.25, 0.3) is 6.08 Å². The van der Waals surface area contributed by atoms with Gasteiger partial charge in [-0.15, -0.1) is 0 Å². The Hall–Kier alpha value is -2.39. The minimum atomic E-state index is 0.0311. The molecule has 2 aromatic carbocycles. The predicted molar refractivity (Wildman–Crippen MR) is 119 cm³/mol. The van der Waals surface area contributed by atoms with Crippen LogP contribution in [0.15, 0.2) is 54.6 Å². The van der Waals surface area contributed by atoms with Gasteiger partial charge in [-0.2, -0.15) is 0 Å². The first-order valence-electron chi connectivity index (χ1n) is 11.1. The first-order chi connectivity index (χ1) is 14.2. The van der Waals surface area contributed by atoms with Crippen molar-refractivity contribution in [3.63, 3.8) is 0 Å². The lowest BCUT2D eigenvalue weighted by molar-refractivity contribution is -0.113. The zero-order valence-electron chi connectivity index (χ0n) is 17.2. The maximum atomic E-state index is 13.0. The molecule has 2 aromatic rings. The maximum Gasteiger partial charge on any atom is 0.250 e. The molecule has 5 rings (SSSR count). The molecule has 0 unspecified atom stereocenters. The van der Waals surface area contributed by atoms with Crippen LogP contribution in [-0.2, 0) is 16.6 Å². The Kier molecular flexibility index (Phi) is 4.79. The van der Waals surface area contributed by atoms with E-state index in [0.29, 0.717) is 11.5 Å². The Bertz CT molecular complexity index is 931. The van der Waals surface area contributed by atoms with E-state index in [-0.39, 0.29) is 5.91 Å². The van der Waals surface area contributed by atoms with E-state index in [4.69, 9.17) is 0 Å². The van der Waals surface area contributed by atoms with Gasteiger partial charge < -0.3 is 10.2 Å². The second-order valence-electron chi connectivity index (χ2n) is 8.97. The molecule has 1 N–H and O–H groups in total. The zero-order chi connectivity index (χ0) is 19.8. The lowest BCUT2D eigenvalue weighted by atomic mass is 9.52. The van der Waals surface area contributed by atoms with Gasteiger partial charge in [0.25, 0.3) is 5.91 Å². The van der Waals surface area contributed by atoms with Gasteiger partial charge in [0, 0.05) is 30.3 Å². The monoisotopic (exact) mass is 386 g/mol. The number of carbonyl (C=O) groups excluding carboxylic acids is 1. The SMILES string of the molecule is CN(C(=O)C=Cc1ccccc1)c1cccc2c1C[C@H]1NCC[C@@]23CCCC[C@@H]13. The largest absolute Gasteiger partial charge is 0.313 e. The van der Waals surface area contributed by atoms with Gasteiger partial charge in [0.15, 0.2) is 0 Å². The van der Waals surface area contributed by atoms with Crippen molar-refractivity contribution < 1.29 is 4.79 Å². The normalized spacial score (nSPS) is 27.9. The Labute approximate surface area is 173 Å². The van der Waals surface area contributed by atoms with Gasteiger partial charge in [0.1, 0.15) is 0 Å². The lowest BCUT2D eigenvalue weighted by Gasteiger charge is -2.56. The fourth-order valence-electron chi connectivity index (χ4n) is 6.22. The van der Waals surface area contributed by atoms with Crippen molar-refractivity contribution in [1.29, 1.82) is 0 Å². The standard InChI is InChI=1S/C26H30N2O/c1-28(25(29)14-13-19-8-3-2-4-9-19)24-12-7-11-21-20(24)18-23-22-10-5-6-15-26(21,22)16-17-27-23/h2-4,7-9,11-14,22-23,27H,5-6,10,15-18H2,1H3/t22-,23+,26-/m0/s1. The molecule has 3 heteroatoms. The Morgan fingerprint density at radius 2 is 1.97 bits per heavy atom. The number of piperidine rings is 1. The summed E-state index contributed by atoms with van der Waals surface area (Å²) in [6.45, 7) is 1.12. The van der Waals surface area contributed by atoms with Crippen LogP contribution >= 0.6 is 0 Å². The van der Waals surface area contributed by atoms with E-state index in [1.807, 2.05) is 48.4 Å². The van der Waals surface area contributed by atoms with Crippen molar-refractivity contribution in [2.24, 2.45) is 5.92 Å². The van der Waals surface area contributed by atoms with Crippen LogP contribution in [-0.4, -0.2) is 25.5 Å². The van der Waals surface area contributed by atoms with Gasteiger partial charge >= 0.3 is 0 Å². The molecule has 1 amide bonds. The van der Waals surface area contributed by atoms with Gasteiger partial charge in [0.2, 0.25) is 0 Å². The van der Waals surface area contributed by atoms with E-state index in [1.165, 1.54) is 43.2 Å². The van der Waals surface area contributed by atoms with Crippen molar-refractivity contribution in [2.45, 2.75) is 50.0 Å². The summed E-state index contributed by atoms with van der Waals surface area (Å²) in [6.07, 6.45) is 11.2. The second kappa shape index (κ2) is 7.46. The van der Waals surface area contributed by atoms with E-state index >= 15 is 0 Å². The van der Waals surface area contributed by atoms with Gasteiger partial charge in [-0.05, 0) is 67.0 Å². The molecule has 3 atom stereocenters. The third kappa shape index (κ3) is 3.12. The summed E-state index contributed by atoms with van der Waals surface area (Å²) in [4.78, 5) is 14.8. The van der Waals surface area contributed by atoms with Crippen molar-refractivity contribution in [3.05, 3.63) is 71.3 Å². The molecule has 1 aliphatic heterocycles. The van der Waals surface area contributed by atoms with E-state index in [1.54, 1.807) is 6.08 Å². The molecule has 0 spiro atoms. The molecule has 1 heterocycles. The number of likely N-dealkylation sites (N-methyl/N-ethyl adjacent to an activating group) is 1. The maximum absolute atomic E-state index is 13.0. The van der Waals surface area contributed by atoms with Crippen molar-refractivity contribution in [2.75, 3.05) is 18.5 Å². The molecular formula is C26H30N2O. The number of anilines is 1. The van der Waals surface area contributed by atoms with Crippen molar-refractivity contribution >= 4 is 17.7 Å². The minimum absolute atomic E-state index is 0.0311. The highest BCUT2D eigenvalue weighted by Gasteiger charge is 2.51. The highest BCUT2D eigenvalue weighted by Crippen LogP contribution is 2.55. The molecule has 150 valence electrons. The Balaban J connectivity index is 1.48. The number of nitrogens with one attached hydrogen (secondary N) is 1. The topological polar surface area (TPSA) is 32.3 Å². The molecule has 1 saturated heterocycles. The van der Waals surface area contributed by atoms with E-state index in [0.717, 1.165) is 30.1 Å². The summed E-state index contributed by atoms with van der Waals surface area (Å²) in [5, 5.41) is 3.81. The van der Waals surface area contributed by atoms with Crippen molar-refractivity contribution in [3.8, 4) is 0 Å². The number of hydrogen-bond acceptors (Lipinski definition) is 2. The molecule has 0 radical (unpaired) electrons. The van der Waals surface area contributed by atoms with Crippen LogP contribution in [0.5, 0.6) is 0 Å². The number of fused-ring (bicyclic) bond motifs is 1. The summed E-state index contributed by atoms with van der Waals surface area (Å²) in [5.74, 6) is 0.787. The van der Waals surface area contributed by atoms with Crippen LogP contribution < -0.4 is 10.2 Å². The Morgan fingerprint density at radius 3 is 2.83 bits per heavy atom. The first-order valence-corrected chi connectivity index (χ1v) is 11.1. The van der Waals surface area contributed by atoms with Crippen LogP contribution in [0, 0.1) is 5.92 Å². The molecule has 1 saturated carbocycles. The summed E-state index contributed by atoms with van der Waals surface area (Å²) >= 11 is 0. The quantitative estimate of drug-likeness (QED) is 0.775. The number of carbonyl (C=O) groups is 1. The Morgan fingerprint density at radius 1 is 1.10 bits per heavy atom. The molecule has 3 aliphatic rings. The molecule has 2 aliphatic carbocycles. The molecule has 2 fully saturated rings. The summed E-state index contributed by atoms with van der Waals surface area (Å²) < 4.78 is 0. The molecular weight excluding hydrogens is 356 g/mol. The van der Waals surface area contributed by atoms with E-state index in [9.17, 15) is 4.79 Å². The van der Waals surface area contributed by atoms with Crippen LogP contribution in [0.4, 0.5) is 5.69 Å². The number of hydrogen-bond donors (Lipinski definition) is 1. The van der Waals surface area contributed by atoms with E-state index < -0.39 is 0 Å². The summed E-state index contributed by atoms with van der Waals surface area (Å²) in [7, 11) is 1.92. The molecule has 2 bridgehead atoms. The van der Waals surface area contributed by atoms with Crippen LogP contribution in [0.1, 0.15) is 48.8 Å². The lowest BCUT2D eigenvalue weighted by Crippen LogP contribution is -2.59. The van der Waals surface area contributed by atoms with Crippen molar-refractivity contribution in [1.82, 2.24) is 5.32 Å². The predicted octanol–water partition coefficient (Wildman–Crippen LogP) is 4.71. The summed E-state index contributed by atoms with van der Waals surface area (Å²) in [5.41, 5.74) is 5.38. The first kappa shape index (κ1) is 18.6. The molecule has 3 nitrogen and oxygen atoms in total. The number of amides is 1. The van der Waals surface area contributed by atoms with E-state index in [2.05, 4.69) is 23.5 Å². The third-order valence-corrected chi connectivity index (χ3v) is 7.58. The average molecular weight is 387 g/mol. The number of rotatable bonds is 3. The average Bonchev–Trinajstić information content (AvgIpc) is 2.77. The van der Waals surface area contributed by atoms with Crippen LogP contribution in [0.3, 0.4) is 0 Å². The van der Waals surface area contributed by atoms with Gasteiger partial charge in [-0.1, -0.05) is 55.3 Å². The number of benzene rings is 2. The highest BCUT2D eigenvalue weighted by molar-refractivity contribution is 6.04. The summed E-state index contributed by atoms with van der Waals surface area (Å²) in [6, 6.07) is 17.2. The fourth-order valence-corrected chi connectivity index (χ4v) is 6.22. The molecule has 0 aromatic heterocycles. The third-order valence-electron chi connectivity index (χ3n) is 7.58. The minimum Gasteiger partial charge on any atom is -0.313 e.